The van der Waals surface area contributed by atoms with Crippen molar-refractivity contribution in [1.29, 1.82) is 0 Å². The van der Waals surface area contributed by atoms with Crippen LogP contribution in [0.25, 0.3) is 11.0 Å². The molecular formula is C27H26ClN3O3. The number of aryl methyl sites for hydroxylation is 1. The summed E-state index contributed by atoms with van der Waals surface area (Å²) in [5.41, 5.74) is 2.88. The monoisotopic (exact) mass is 475 g/mol. The molecule has 0 radical (unpaired) electrons. The first-order valence-electron chi connectivity index (χ1n) is 11.4. The Morgan fingerprint density at radius 2 is 1.85 bits per heavy atom. The van der Waals surface area contributed by atoms with Crippen molar-refractivity contribution >= 4 is 34.2 Å². The van der Waals surface area contributed by atoms with Crippen molar-refractivity contribution in [3.05, 3.63) is 83.6 Å². The van der Waals surface area contributed by atoms with Crippen LogP contribution >= 0.6 is 11.6 Å². The lowest BCUT2D eigenvalue weighted by atomic mass is 10.1. The molecule has 0 saturated carbocycles. The van der Waals surface area contributed by atoms with Crippen LogP contribution < -0.4 is 14.4 Å². The lowest BCUT2D eigenvalue weighted by Crippen LogP contribution is -2.24. The molecule has 6 nitrogen and oxygen atoms in total. The number of aromatic nitrogens is 2. The van der Waals surface area contributed by atoms with Crippen molar-refractivity contribution < 1.29 is 14.3 Å². The molecule has 1 aliphatic rings. The number of imidazole rings is 1. The molecule has 174 valence electrons. The van der Waals surface area contributed by atoms with Crippen LogP contribution in [0.4, 0.5) is 5.69 Å². The molecule has 0 N–H and O–H groups in total. The van der Waals surface area contributed by atoms with Crippen LogP contribution in [-0.2, 0) is 11.3 Å². The summed E-state index contributed by atoms with van der Waals surface area (Å²) in [6, 6.07) is 23.2. The standard InChI is InChI=1S/C27H26ClN3O3/c1-33-23-7-4-6-21(17-23)31-18-19(16-26(31)32)27-29-24-8-2-3-9-25(24)30(27)14-5-15-34-22-12-10-20(28)11-13-22/h2-4,6-13,17,19H,5,14-16,18H2,1H3. The van der Waals surface area contributed by atoms with Crippen molar-refractivity contribution in [1.82, 2.24) is 9.55 Å². The summed E-state index contributed by atoms with van der Waals surface area (Å²) in [7, 11) is 1.63. The number of rotatable bonds is 8. The predicted molar refractivity (Wildman–Crippen MR) is 134 cm³/mol. The van der Waals surface area contributed by atoms with E-state index in [4.69, 9.17) is 26.1 Å². The minimum absolute atomic E-state index is 0.0169. The molecule has 0 bridgehead atoms. The van der Waals surface area contributed by atoms with Crippen molar-refractivity contribution in [2.45, 2.75) is 25.3 Å². The van der Waals surface area contributed by atoms with E-state index >= 15 is 0 Å². The molecule has 1 aliphatic heterocycles. The average Bonchev–Trinajstić information content (AvgIpc) is 3.43. The van der Waals surface area contributed by atoms with E-state index in [2.05, 4.69) is 10.6 Å². The van der Waals surface area contributed by atoms with Gasteiger partial charge in [0, 0.05) is 42.2 Å². The number of hydrogen-bond donors (Lipinski definition) is 0. The second kappa shape index (κ2) is 9.77. The minimum Gasteiger partial charge on any atom is -0.497 e. The maximum absolute atomic E-state index is 12.9. The van der Waals surface area contributed by atoms with Crippen LogP contribution in [0.15, 0.2) is 72.8 Å². The highest BCUT2D eigenvalue weighted by molar-refractivity contribution is 6.30. The van der Waals surface area contributed by atoms with E-state index in [9.17, 15) is 4.79 Å². The highest BCUT2D eigenvalue weighted by Crippen LogP contribution is 2.34. The number of ether oxygens (including phenoxy) is 2. The Morgan fingerprint density at radius 3 is 2.68 bits per heavy atom. The summed E-state index contributed by atoms with van der Waals surface area (Å²) in [5.74, 6) is 2.61. The van der Waals surface area contributed by atoms with Gasteiger partial charge in [0.05, 0.1) is 24.8 Å². The van der Waals surface area contributed by atoms with Gasteiger partial charge in [0.15, 0.2) is 0 Å². The van der Waals surface area contributed by atoms with Gasteiger partial charge in [-0.15, -0.1) is 0 Å². The molecule has 1 atom stereocenters. The Labute approximate surface area is 203 Å². The Balaban J connectivity index is 1.34. The molecule has 1 saturated heterocycles. The molecule has 5 rings (SSSR count). The number of anilines is 1. The van der Waals surface area contributed by atoms with Gasteiger partial charge < -0.3 is 18.9 Å². The van der Waals surface area contributed by atoms with Crippen molar-refractivity contribution in [2.24, 2.45) is 0 Å². The summed E-state index contributed by atoms with van der Waals surface area (Å²) in [4.78, 5) is 19.7. The second-order valence-electron chi connectivity index (χ2n) is 8.37. The van der Waals surface area contributed by atoms with Gasteiger partial charge in [0.1, 0.15) is 17.3 Å². The molecule has 1 unspecified atom stereocenters. The zero-order chi connectivity index (χ0) is 23.5. The SMILES string of the molecule is COc1cccc(N2CC(c3nc4ccccc4n3CCCOc3ccc(Cl)cc3)CC2=O)c1. The Morgan fingerprint density at radius 1 is 1.03 bits per heavy atom. The van der Waals surface area contributed by atoms with Crippen molar-refractivity contribution in [2.75, 3.05) is 25.2 Å². The smallest absolute Gasteiger partial charge is 0.227 e. The Hall–Kier alpha value is -3.51. The van der Waals surface area contributed by atoms with Gasteiger partial charge in [-0.2, -0.15) is 0 Å². The van der Waals surface area contributed by atoms with Gasteiger partial charge in [-0.05, 0) is 55.0 Å². The Bertz CT molecular complexity index is 1300. The van der Waals surface area contributed by atoms with E-state index < -0.39 is 0 Å². The number of methoxy groups -OCH3 is 1. The number of halogens is 1. The molecule has 0 spiro atoms. The molecule has 1 aromatic heterocycles. The molecule has 2 heterocycles. The number of carbonyl (C=O) groups is 1. The fourth-order valence-corrected chi connectivity index (χ4v) is 4.62. The van der Waals surface area contributed by atoms with Crippen LogP contribution in [-0.4, -0.2) is 35.7 Å². The number of benzene rings is 3. The minimum atomic E-state index is 0.0169. The lowest BCUT2D eigenvalue weighted by Gasteiger charge is -2.18. The first-order valence-corrected chi connectivity index (χ1v) is 11.8. The van der Waals surface area contributed by atoms with Crippen LogP contribution in [0.2, 0.25) is 5.02 Å². The highest BCUT2D eigenvalue weighted by atomic mass is 35.5. The first-order chi connectivity index (χ1) is 16.6. The van der Waals surface area contributed by atoms with E-state index in [1.807, 2.05) is 71.6 Å². The van der Waals surface area contributed by atoms with Crippen LogP contribution in [0.5, 0.6) is 11.5 Å². The third-order valence-electron chi connectivity index (χ3n) is 6.15. The molecule has 34 heavy (non-hydrogen) atoms. The average molecular weight is 476 g/mol. The van der Waals surface area contributed by atoms with E-state index in [0.29, 0.717) is 24.6 Å². The fraction of sp³-hybridized carbons (Fsp3) is 0.259. The zero-order valence-corrected chi connectivity index (χ0v) is 19.7. The zero-order valence-electron chi connectivity index (χ0n) is 19.0. The maximum atomic E-state index is 12.9. The van der Waals surface area contributed by atoms with E-state index in [1.54, 1.807) is 7.11 Å². The van der Waals surface area contributed by atoms with Crippen molar-refractivity contribution in [3.8, 4) is 11.5 Å². The van der Waals surface area contributed by atoms with E-state index in [0.717, 1.165) is 47.0 Å². The van der Waals surface area contributed by atoms with Gasteiger partial charge >= 0.3 is 0 Å². The number of hydrogen-bond acceptors (Lipinski definition) is 4. The van der Waals surface area contributed by atoms with Gasteiger partial charge in [-0.1, -0.05) is 29.8 Å². The largest absolute Gasteiger partial charge is 0.497 e. The predicted octanol–water partition coefficient (Wildman–Crippen LogP) is 5.69. The number of nitrogens with zero attached hydrogens (tertiary/aromatic N) is 3. The quantitative estimate of drug-likeness (QED) is 0.307. The van der Waals surface area contributed by atoms with Crippen molar-refractivity contribution in [3.63, 3.8) is 0 Å². The summed E-state index contributed by atoms with van der Waals surface area (Å²) in [5, 5.41) is 0.691. The number of para-hydroxylation sites is 2. The van der Waals surface area contributed by atoms with E-state index in [-0.39, 0.29) is 11.8 Å². The molecule has 0 aliphatic carbocycles. The molecule has 1 fully saturated rings. The summed E-state index contributed by atoms with van der Waals surface area (Å²) in [6.07, 6.45) is 1.25. The number of amides is 1. The fourth-order valence-electron chi connectivity index (χ4n) is 4.49. The molecule has 3 aromatic carbocycles. The van der Waals surface area contributed by atoms with E-state index in [1.165, 1.54) is 0 Å². The number of fused-ring (bicyclic) bond motifs is 1. The van der Waals surface area contributed by atoms with Crippen LogP contribution in [0, 0.1) is 0 Å². The third-order valence-corrected chi connectivity index (χ3v) is 6.40. The van der Waals surface area contributed by atoms with Gasteiger partial charge in [0.2, 0.25) is 5.91 Å². The van der Waals surface area contributed by atoms with Crippen LogP contribution in [0.3, 0.4) is 0 Å². The summed E-state index contributed by atoms with van der Waals surface area (Å²) >= 11 is 5.95. The Kier molecular flexibility index (Phi) is 6.41. The molecular weight excluding hydrogens is 450 g/mol. The first kappa shape index (κ1) is 22.3. The van der Waals surface area contributed by atoms with Gasteiger partial charge in [0.25, 0.3) is 0 Å². The molecule has 1 amide bonds. The normalized spacial score (nSPS) is 15.8. The lowest BCUT2D eigenvalue weighted by molar-refractivity contribution is -0.117. The van der Waals surface area contributed by atoms with Crippen LogP contribution in [0.1, 0.15) is 24.6 Å². The van der Waals surface area contributed by atoms with Gasteiger partial charge in [-0.3, -0.25) is 4.79 Å². The summed E-state index contributed by atoms with van der Waals surface area (Å²) in [6.45, 7) is 1.93. The topological polar surface area (TPSA) is 56.6 Å². The highest BCUT2D eigenvalue weighted by Gasteiger charge is 2.35. The summed E-state index contributed by atoms with van der Waals surface area (Å²) < 4.78 is 13.5. The molecule has 4 aromatic rings. The number of carbonyl (C=O) groups excluding carboxylic acids is 1. The second-order valence-corrected chi connectivity index (χ2v) is 8.81. The maximum Gasteiger partial charge on any atom is 0.227 e. The van der Waals surface area contributed by atoms with Gasteiger partial charge in [-0.25, -0.2) is 4.98 Å². The molecule has 7 heteroatoms. The third kappa shape index (κ3) is 4.59.